The summed E-state index contributed by atoms with van der Waals surface area (Å²) in [5.41, 5.74) is 3.80. The van der Waals surface area contributed by atoms with Gasteiger partial charge in [0.2, 0.25) is 11.8 Å². The molecule has 0 aliphatic carbocycles. The maximum Gasteiger partial charge on any atom is 0.251 e. The Hall–Kier alpha value is -3.48. The third-order valence-corrected chi connectivity index (χ3v) is 5.21. The molecular weight excluding hydrogens is 368 g/mol. The molecule has 3 aromatic rings. The Bertz CT molecular complexity index is 1050. The maximum atomic E-state index is 12.5. The molecule has 1 saturated heterocycles. The molecular formula is C22H22N4O3. The van der Waals surface area contributed by atoms with E-state index in [1.165, 1.54) is 5.56 Å². The SMILES string of the molecule is Cc1ccc(N2CC(c3noc(CNC(=O)c4ccccc4)n3)CC2=O)cc1C. The Labute approximate surface area is 168 Å². The van der Waals surface area contributed by atoms with E-state index in [1.807, 2.05) is 38.1 Å². The first-order chi connectivity index (χ1) is 14.0. The third-order valence-electron chi connectivity index (χ3n) is 5.21. The van der Waals surface area contributed by atoms with Gasteiger partial charge in [0, 0.05) is 30.1 Å². The molecule has 2 amide bonds. The number of hydrogen-bond donors (Lipinski definition) is 1. The quantitative estimate of drug-likeness (QED) is 0.723. The third kappa shape index (κ3) is 4.03. The molecule has 2 aromatic carbocycles. The van der Waals surface area contributed by atoms with Gasteiger partial charge < -0.3 is 14.7 Å². The van der Waals surface area contributed by atoms with Crippen molar-refractivity contribution in [3.05, 3.63) is 76.9 Å². The lowest BCUT2D eigenvalue weighted by Crippen LogP contribution is -2.24. The van der Waals surface area contributed by atoms with E-state index in [1.54, 1.807) is 29.2 Å². The van der Waals surface area contributed by atoms with E-state index < -0.39 is 0 Å². The molecule has 29 heavy (non-hydrogen) atoms. The minimum absolute atomic E-state index is 0.0435. The van der Waals surface area contributed by atoms with Crippen LogP contribution in [0.4, 0.5) is 5.69 Å². The van der Waals surface area contributed by atoms with Crippen LogP contribution < -0.4 is 10.2 Å². The predicted octanol–water partition coefficient (Wildman–Crippen LogP) is 3.14. The molecule has 0 radical (unpaired) electrons. The monoisotopic (exact) mass is 390 g/mol. The highest BCUT2D eigenvalue weighted by Gasteiger charge is 2.34. The van der Waals surface area contributed by atoms with E-state index in [0.717, 1.165) is 11.3 Å². The van der Waals surface area contributed by atoms with Gasteiger partial charge in [0.15, 0.2) is 5.82 Å². The van der Waals surface area contributed by atoms with Gasteiger partial charge >= 0.3 is 0 Å². The van der Waals surface area contributed by atoms with Crippen LogP contribution in [-0.2, 0) is 11.3 Å². The molecule has 1 N–H and O–H groups in total. The van der Waals surface area contributed by atoms with Crippen LogP contribution in [0.3, 0.4) is 0 Å². The van der Waals surface area contributed by atoms with Crippen molar-refractivity contribution in [3.8, 4) is 0 Å². The second-order valence-electron chi connectivity index (χ2n) is 7.27. The van der Waals surface area contributed by atoms with Crippen LogP contribution in [0.25, 0.3) is 0 Å². The first-order valence-corrected chi connectivity index (χ1v) is 9.54. The Kier molecular flexibility index (Phi) is 5.12. The topological polar surface area (TPSA) is 88.3 Å². The van der Waals surface area contributed by atoms with Crippen molar-refractivity contribution in [2.75, 3.05) is 11.4 Å². The number of hydrogen-bond acceptors (Lipinski definition) is 5. The Morgan fingerprint density at radius 2 is 1.97 bits per heavy atom. The van der Waals surface area contributed by atoms with Crippen molar-refractivity contribution in [3.63, 3.8) is 0 Å². The zero-order valence-electron chi connectivity index (χ0n) is 16.4. The smallest absolute Gasteiger partial charge is 0.251 e. The molecule has 1 aliphatic rings. The number of rotatable bonds is 5. The molecule has 7 nitrogen and oxygen atoms in total. The van der Waals surface area contributed by atoms with Gasteiger partial charge in [-0.1, -0.05) is 29.4 Å². The lowest BCUT2D eigenvalue weighted by atomic mass is 10.1. The van der Waals surface area contributed by atoms with Crippen LogP contribution in [0.5, 0.6) is 0 Å². The van der Waals surface area contributed by atoms with E-state index in [2.05, 4.69) is 15.5 Å². The van der Waals surface area contributed by atoms with Crippen LogP contribution in [0.15, 0.2) is 53.1 Å². The molecule has 1 unspecified atom stereocenters. The average Bonchev–Trinajstić information content (AvgIpc) is 3.35. The predicted molar refractivity (Wildman–Crippen MR) is 108 cm³/mol. The second-order valence-corrected chi connectivity index (χ2v) is 7.27. The fraction of sp³-hybridized carbons (Fsp3) is 0.273. The number of aryl methyl sites for hydroxylation is 2. The highest BCUT2D eigenvalue weighted by Crippen LogP contribution is 2.31. The highest BCUT2D eigenvalue weighted by atomic mass is 16.5. The van der Waals surface area contributed by atoms with E-state index >= 15 is 0 Å². The maximum absolute atomic E-state index is 12.5. The van der Waals surface area contributed by atoms with Crippen LogP contribution in [0.2, 0.25) is 0 Å². The summed E-state index contributed by atoms with van der Waals surface area (Å²) in [4.78, 5) is 30.8. The number of carbonyl (C=O) groups excluding carboxylic acids is 2. The lowest BCUT2D eigenvalue weighted by molar-refractivity contribution is -0.117. The average molecular weight is 390 g/mol. The summed E-state index contributed by atoms with van der Waals surface area (Å²) in [7, 11) is 0. The standard InChI is InChI=1S/C22H22N4O3/c1-14-8-9-18(10-15(14)2)26-13-17(11-20(26)27)21-24-19(29-25-21)12-23-22(28)16-6-4-3-5-7-16/h3-10,17H,11-13H2,1-2H3,(H,23,28). The van der Waals surface area contributed by atoms with Gasteiger partial charge in [-0.15, -0.1) is 0 Å². The summed E-state index contributed by atoms with van der Waals surface area (Å²) < 4.78 is 5.27. The number of carbonyl (C=O) groups is 2. The second kappa shape index (κ2) is 7.87. The van der Waals surface area contributed by atoms with Gasteiger partial charge in [-0.3, -0.25) is 9.59 Å². The largest absolute Gasteiger partial charge is 0.343 e. The first-order valence-electron chi connectivity index (χ1n) is 9.54. The van der Waals surface area contributed by atoms with Gasteiger partial charge in [0.05, 0.1) is 6.54 Å². The highest BCUT2D eigenvalue weighted by molar-refractivity contribution is 5.96. The summed E-state index contributed by atoms with van der Waals surface area (Å²) in [5, 5.41) is 6.79. The molecule has 7 heteroatoms. The number of nitrogens with one attached hydrogen (secondary N) is 1. The molecule has 1 atom stereocenters. The van der Waals surface area contributed by atoms with E-state index in [0.29, 0.717) is 30.2 Å². The first kappa shape index (κ1) is 18.9. The van der Waals surface area contributed by atoms with Crippen molar-refractivity contribution in [2.24, 2.45) is 0 Å². The lowest BCUT2D eigenvalue weighted by Gasteiger charge is -2.17. The van der Waals surface area contributed by atoms with Crippen molar-refractivity contribution < 1.29 is 14.1 Å². The number of anilines is 1. The molecule has 2 heterocycles. The Balaban J connectivity index is 1.40. The zero-order chi connectivity index (χ0) is 20.4. The number of nitrogens with zero attached hydrogens (tertiary/aromatic N) is 3. The Morgan fingerprint density at radius 1 is 1.17 bits per heavy atom. The summed E-state index contributed by atoms with van der Waals surface area (Å²) in [5.74, 6) is 0.519. The van der Waals surface area contributed by atoms with E-state index in [9.17, 15) is 9.59 Å². The van der Waals surface area contributed by atoms with Crippen molar-refractivity contribution >= 4 is 17.5 Å². The van der Waals surface area contributed by atoms with Crippen molar-refractivity contribution in [1.82, 2.24) is 15.5 Å². The van der Waals surface area contributed by atoms with Crippen LogP contribution in [0, 0.1) is 13.8 Å². The van der Waals surface area contributed by atoms with Gasteiger partial charge in [-0.25, -0.2) is 0 Å². The van der Waals surface area contributed by atoms with Crippen LogP contribution >= 0.6 is 0 Å². The van der Waals surface area contributed by atoms with Crippen LogP contribution in [-0.4, -0.2) is 28.5 Å². The summed E-state index contributed by atoms with van der Waals surface area (Å²) in [6.45, 7) is 4.73. The molecule has 1 fully saturated rings. The van der Waals surface area contributed by atoms with Gasteiger partial charge in [0.25, 0.3) is 5.91 Å². The normalized spacial score (nSPS) is 16.3. The minimum Gasteiger partial charge on any atom is -0.343 e. The Morgan fingerprint density at radius 3 is 2.72 bits per heavy atom. The summed E-state index contributed by atoms with van der Waals surface area (Å²) >= 11 is 0. The van der Waals surface area contributed by atoms with Gasteiger partial charge in [-0.2, -0.15) is 4.98 Å². The molecule has 0 saturated carbocycles. The molecule has 1 aliphatic heterocycles. The van der Waals surface area contributed by atoms with Crippen LogP contribution in [0.1, 0.15) is 45.5 Å². The van der Waals surface area contributed by atoms with E-state index in [-0.39, 0.29) is 24.3 Å². The summed E-state index contributed by atoms with van der Waals surface area (Å²) in [6, 6.07) is 14.9. The number of benzene rings is 2. The van der Waals surface area contributed by atoms with Gasteiger partial charge in [0.1, 0.15) is 0 Å². The molecule has 0 bridgehead atoms. The van der Waals surface area contributed by atoms with E-state index in [4.69, 9.17) is 4.52 Å². The fourth-order valence-corrected chi connectivity index (χ4v) is 3.38. The van der Waals surface area contributed by atoms with Gasteiger partial charge in [-0.05, 0) is 49.2 Å². The number of amides is 2. The minimum atomic E-state index is -0.206. The zero-order valence-corrected chi connectivity index (χ0v) is 16.4. The number of aromatic nitrogens is 2. The van der Waals surface area contributed by atoms with Crippen molar-refractivity contribution in [1.29, 1.82) is 0 Å². The molecule has 0 spiro atoms. The molecule has 1 aromatic heterocycles. The molecule has 148 valence electrons. The molecule has 4 rings (SSSR count). The summed E-state index contributed by atoms with van der Waals surface area (Å²) in [6.07, 6.45) is 0.336. The fourth-order valence-electron chi connectivity index (χ4n) is 3.38. The van der Waals surface area contributed by atoms with Crippen molar-refractivity contribution in [2.45, 2.75) is 32.7 Å².